The SMILES string of the molecule is CO/N=C(\C(=O)C[C@@H]1C(=O)N2C(C(=O)O)=C(C[n+]3ccc4ccn(Cc5ccc(C(N)=NC6CCCNC6)cc5F)c4c3)CS[C@H]12)c1nsc(N)n1. The molecule has 1 aromatic carbocycles. The molecule has 0 bridgehead atoms. The van der Waals surface area contributed by atoms with Gasteiger partial charge in [-0.05, 0) is 31.5 Å². The van der Waals surface area contributed by atoms with Gasteiger partial charge in [0.05, 0.1) is 23.9 Å². The number of piperidine rings is 1. The monoisotopic (exact) mass is 747 g/mol. The normalized spacial score (nSPS) is 20.9. The lowest BCUT2D eigenvalue weighted by molar-refractivity contribution is -0.687. The second kappa shape index (κ2) is 14.8. The molecule has 0 aliphatic carbocycles. The van der Waals surface area contributed by atoms with Gasteiger partial charge in [0.15, 0.2) is 35.6 Å². The molecule has 6 heterocycles. The van der Waals surface area contributed by atoms with E-state index in [0.717, 1.165) is 48.4 Å². The molecule has 2 fully saturated rings. The summed E-state index contributed by atoms with van der Waals surface area (Å²) >= 11 is 2.29. The number of nitrogens with zero attached hydrogens (tertiary/aromatic N) is 7. The first-order valence-electron chi connectivity index (χ1n) is 16.6. The fraction of sp³-hybridized carbons (Fsp3) is 0.353. The molecule has 0 radical (unpaired) electrons. The molecule has 52 heavy (non-hydrogen) atoms. The number of amidine groups is 1. The van der Waals surface area contributed by atoms with Crippen LogP contribution in [0.5, 0.6) is 0 Å². The standard InChI is InChI=1S/C34H35FN10O5S2/c1-50-41-27(30-40-34(37)52-42-30)26(46)12-23-31(47)45-28(33(48)49)21(17-51-32(23)45)14-43-9-6-18-7-10-44(25(18)16-43)15-20-5-4-19(11-24(20)35)29(36)39-22-3-2-8-38-13-22/h4-7,9-11,16,22-23,32,38H,2-3,8,12-15,17H2,1H3,(H4-,36,37,39,40,42,48,49)/p+1/b41-27+/t22?,23-,32-/m1/s1. The minimum Gasteiger partial charge on any atom is -0.477 e. The number of carbonyl (C=O) groups excluding carboxylic acids is 2. The highest BCUT2D eigenvalue weighted by Crippen LogP contribution is 2.45. The number of fused-ring (bicyclic) bond motifs is 2. The molecular formula is C34H36FN10O5S2+. The first-order valence-corrected chi connectivity index (χ1v) is 18.4. The van der Waals surface area contributed by atoms with E-state index in [2.05, 4.69) is 24.8 Å². The molecule has 6 N–H and O–H groups in total. The number of ketones is 1. The maximum atomic E-state index is 15.4. The number of nitrogens with two attached hydrogens (primary N) is 2. The highest BCUT2D eigenvalue weighted by atomic mass is 32.2. The van der Waals surface area contributed by atoms with E-state index in [9.17, 15) is 19.5 Å². The summed E-state index contributed by atoms with van der Waals surface area (Å²) in [5, 5.41) is 17.8. The molecule has 1 unspecified atom stereocenters. The summed E-state index contributed by atoms with van der Waals surface area (Å²) in [5.74, 6) is -2.71. The number of carbonyl (C=O) groups is 3. The van der Waals surface area contributed by atoms with Crippen LogP contribution in [0.4, 0.5) is 9.52 Å². The van der Waals surface area contributed by atoms with Crippen molar-refractivity contribution in [1.82, 2.24) is 24.1 Å². The number of hydrogen-bond acceptors (Lipinski definition) is 12. The second-order valence-electron chi connectivity index (χ2n) is 12.7. The van der Waals surface area contributed by atoms with Crippen LogP contribution in [0, 0.1) is 11.7 Å². The number of pyridine rings is 1. The van der Waals surface area contributed by atoms with Gasteiger partial charge in [-0.1, -0.05) is 17.3 Å². The maximum Gasteiger partial charge on any atom is 0.352 e. The van der Waals surface area contributed by atoms with Gasteiger partial charge in [-0.2, -0.15) is 13.9 Å². The number of Topliss-reactive ketones (excluding diaryl/α,β-unsaturated/α-hetero) is 1. The molecule has 3 atom stereocenters. The number of aromatic nitrogens is 4. The average Bonchev–Trinajstić information content (AvgIpc) is 3.75. The zero-order valence-electron chi connectivity index (χ0n) is 28.1. The number of thioether (sulfide) groups is 1. The fourth-order valence-electron chi connectivity index (χ4n) is 6.73. The third kappa shape index (κ3) is 7.00. The number of β-lactam (4-membered cyclic amide) rings is 1. The fourth-order valence-corrected chi connectivity index (χ4v) is 8.57. The highest BCUT2D eigenvalue weighted by Gasteiger charge is 2.54. The summed E-state index contributed by atoms with van der Waals surface area (Å²) in [6.07, 6.45) is 7.34. The topological polar surface area (TPSA) is 207 Å². The largest absolute Gasteiger partial charge is 0.477 e. The number of hydrogen-bond donors (Lipinski definition) is 4. The van der Waals surface area contributed by atoms with Gasteiger partial charge >= 0.3 is 5.97 Å². The second-order valence-corrected chi connectivity index (χ2v) is 14.6. The number of anilines is 1. The van der Waals surface area contributed by atoms with Crippen molar-refractivity contribution in [2.24, 2.45) is 21.8 Å². The summed E-state index contributed by atoms with van der Waals surface area (Å²) in [6, 6.07) is 8.83. The zero-order valence-corrected chi connectivity index (χ0v) is 29.7. The van der Waals surface area contributed by atoms with Gasteiger partial charge in [-0.25, -0.2) is 9.18 Å². The number of halogens is 1. The molecule has 3 aliphatic rings. The molecule has 270 valence electrons. The van der Waals surface area contributed by atoms with Crippen LogP contribution < -0.4 is 21.4 Å². The smallest absolute Gasteiger partial charge is 0.352 e. The predicted octanol–water partition coefficient (Wildman–Crippen LogP) is 1.89. The van der Waals surface area contributed by atoms with Gasteiger partial charge in [-0.15, -0.1) is 11.8 Å². The van der Waals surface area contributed by atoms with Crippen molar-refractivity contribution in [1.29, 1.82) is 0 Å². The Kier molecular flexibility index (Phi) is 10.0. The molecule has 15 nitrogen and oxygen atoms in total. The number of aliphatic imine (C=N–C) groups is 1. The van der Waals surface area contributed by atoms with E-state index in [-0.39, 0.29) is 53.7 Å². The van der Waals surface area contributed by atoms with Crippen molar-refractivity contribution < 1.29 is 33.3 Å². The Labute approximate surface area is 305 Å². The number of carboxylic acids is 1. The molecule has 0 saturated carbocycles. The molecule has 4 aromatic rings. The lowest BCUT2D eigenvalue weighted by Crippen LogP contribution is -2.62. The summed E-state index contributed by atoms with van der Waals surface area (Å²) < 4.78 is 23.2. The summed E-state index contributed by atoms with van der Waals surface area (Å²) in [5.41, 5.74) is 14.0. The minimum atomic E-state index is -1.23. The average molecular weight is 748 g/mol. The molecule has 1 amide bonds. The van der Waals surface area contributed by atoms with E-state index in [1.165, 1.54) is 29.8 Å². The van der Waals surface area contributed by atoms with Crippen molar-refractivity contribution >= 4 is 68.5 Å². The van der Waals surface area contributed by atoms with Gasteiger partial charge in [0.25, 0.3) is 0 Å². The number of amides is 1. The maximum absolute atomic E-state index is 15.4. The van der Waals surface area contributed by atoms with E-state index in [4.69, 9.17) is 16.3 Å². The lowest BCUT2D eigenvalue weighted by atomic mass is 9.89. The summed E-state index contributed by atoms with van der Waals surface area (Å²) in [6.45, 7) is 2.18. The van der Waals surface area contributed by atoms with Gasteiger partial charge in [0.2, 0.25) is 11.7 Å². The van der Waals surface area contributed by atoms with E-state index < -0.39 is 29.0 Å². The van der Waals surface area contributed by atoms with Gasteiger partial charge in [0, 0.05) is 64.6 Å². The number of oxime groups is 1. The molecule has 7 rings (SSSR count). The van der Waals surface area contributed by atoms with Crippen molar-refractivity contribution in [3.8, 4) is 0 Å². The molecule has 2 saturated heterocycles. The molecular weight excluding hydrogens is 712 g/mol. The van der Waals surface area contributed by atoms with Gasteiger partial charge in [-0.3, -0.25) is 19.5 Å². The number of nitrogen functional groups attached to an aromatic ring is 1. The van der Waals surface area contributed by atoms with E-state index in [0.29, 0.717) is 28.3 Å². The van der Waals surface area contributed by atoms with E-state index >= 15 is 4.39 Å². The Morgan fingerprint density at radius 2 is 2.12 bits per heavy atom. The van der Waals surface area contributed by atoms with Crippen molar-refractivity contribution in [3.63, 3.8) is 0 Å². The van der Waals surface area contributed by atoms with Crippen LogP contribution in [0.15, 0.2) is 70.3 Å². The third-order valence-corrected chi connectivity index (χ3v) is 11.2. The van der Waals surface area contributed by atoms with Crippen LogP contribution in [-0.4, -0.2) is 90.5 Å². The lowest BCUT2D eigenvalue weighted by Gasteiger charge is -2.49. The Morgan fingerprint density at radius 1 is 1.27 bits per heavy atom. The van der Waals surface area contributed by atoms with Crippen molar-refractivity contribution in [2.45, 2.75) is 43.8 Å². The quantitative estimate of drug-likeness (QED) is 0.0541. The van der Waals surface area contributed by atoms with Crippen LogP contribution in [-0.2, 0) is 32.3 Å². The van der Waals surface area contributed by atoms with Crippen molar-refractivity contribution in [3.05, 3.63) is 83.0 Å². The van der Waals surface area contributed by atoms with Crippen LogP contribution >= 0.6 is 23.3 Å². The highest BCUT2D eigenvalue weighted by molar-refractivity contribution is 8.00. The molecule has 0 spiro atoms. The summed E-state index contributed by atoms with van der Waals surface area (Å²) in [7, 11) is 1.27. The van der Waals surface area contributed by atoms with E-state index in [1.807, 2.05) is 39.9 Å². The molecule has 3 aliphatic heterocycles. The number of aliphatic carboxylic acids is 1. The van der Waals surface area contributed by atoms with Crippen LogP contribution in [0.1, 0.15) is 36.2 Å². The zero-order chi connectivity index (χ0) is 36.5. The third-order valence-electron chi connectivity index (χ3n) is 9.29. The number of benzene rings is 1. The minimum absolute atomic E-state index is 0.00389. The summed E-state index contributed by atoms with van der Waals surface area (Å²) in [4.78, 5) is 53.8. The Balaban J connectivity index is 1.06. The number of rotatable bonds is 12. The molecule has 18 heteroatoms. The number of carboxylic acid groups (broad SMARTS) is 1. The Morgan fingerprint density at radius 3 is 2.83 bits per heavy atom. The Bertz CT molecular complexity index is 2160. The molecule has 3 aromatic heterocycles. The van der Waals surface area contributed by atoms with E-state index in [1.54, 1.807) is 12.1 Å². The van der Waals surface area contributed by atoms with Gasteiger partial charge in [0.1, 0.15) is 30.0 Å². The van der Waals surface area contributed by atoms with Gasteiger partial charge < -0.3 is 31.3 Å². The first kappa shape index (κ1) is 35.2. The number of nitrogens with one attached hydrogen (secondary N) is 1. The van der Waals surface area contributed by atoms with Crippen LogP contribution in [0.25, 0.3) is 10.9 Å². The van der Waals surface area contributed by atoms with Crippen molar-refractivity contribution in [2.75, 3.05) is 31.7 Å². The van der Waals surface area contributed by atoms with Crippen LogP contribution in [0.3, 0.4) is 0 Å². The predicted molar refractivity (Wildman–Crippen MR) is 193 cm³/mol. The Hall–Kier alpha value is -5.20. The van der Waals surface area contributed by atoms with Crippen LogP contribution in [0.2, 0.25) is 0 Å². The first-order chi connectivity index (χ1) is 25.1.